The minimum absolute atomic E-state index is 0.0247. The molecule has 8 heteroatoms. The van der Waals surface area contributed by atoms with Crippen LogP contribution in [0.25, 0.3) is 11.4 Å². The number of nitrogens with zero attached hydrogens (tertiary/aromatic N) is 4. The standard InChI is InChI=1S/C16H24N6O2/c1-16(2,3)13(8-9-23)18-15(24)17-12-7-5-6-11(10-12)14-19-20-21-22(14)4/h5-7,10,13,23H,8-9H2,1-4H3,(H2,17,18,24)/t13-/m1/s1. The maximum Gasteiger partial charge on any atom is 0.319 e. The second-order valence-corrected chi connectivity index (χ2v) is 6.74. The van der Waals surface area contributed by atoms with Crippen LogP contribution in [0.3, 0.4) is 0 Å². The molecule has 0 saturated carbocycles. The first-order chi connectivity index (χ1) is 11.3. The second kappa shape index (κ2) is 7.39. The predicted molar refractivity (Wildman–Crippen MR) is 91.3 cm³/mol. The van der Waals surface area contributed by atoms with Gasteiger partial charge in [-0.1, -0.05) is 32.9 Å². The van der Waals surface area contributed by atoms with Crippen molar-refractivity contribution in [2.24, 2.45) is 12.5 Å². The van der Waals surface area contributed by atoms with Crippen LogP contribution in [0.1, 0.15) is 27.2 Å². The summed E-state index contributed by atoms with van der Waals surface area (Å²) in [7, 11) is 1.75. The number of hydrogen-bond acceptors (Lipinski definition) is 5. The van der Waals surface area contributed by atoms with Gasteiger partial charge in [0.2, 0.25) is 0 Å². The fourth-order valence-corrected chi connectivity index (χ4v) is 2.39. The minimum atomic E-state index is -0.309. The third-order valence-corrected chi connectivity index (χ3v) is 3.77. The lowest BCUT2D eigenvalue weighted by Gasteiger charge is -2.31. The molecular formula is C16H24N6O2. The van der Waals surface area contributed by atoms with E-state index in [1.54, 1.807) is 17.8 Å². The molecule has 2 amide bonds. The highest BCUT2D eigenvalue weighted by Crippen LogP contribution is 2.22. The molecule has 0 aliphatic carbocycles. The lowest BCUT2D eigenvalue weighted by Crippen LogP contribution is -2.46. The van der Waals surface area contributed by atoms with E-state index in [4.69, 9.17) is 0 Å². The zero-order chi connectivity index (χ0) is 17.7. The van der Waals surface area contributed by atoms with Crippen molar-refractivity contribution in [1.82, 2.24) is 25.5 Å². The molecule has 0 aliphatic heterocycles. The number of amides is 2. The molecule has 0 unspecified atom stereocenters. The Morgan fingerprint density at radius 3 is 2.71 bits per heavy atom. The summed E-state index contributed by atoms with van der Waals surface area (Å²) in [4.78, 5) is 12.3. The zero-order valence-corrected chi connectivity index (χ0v) is 14.4. The Morgan fingerprint density at radius 2 is 2.12 bits per heavy atom. The number of carbonyl (C=O) groups excluding carboxylic acids is 1. The van der Waals surface area contributed by atoms with E-state index in [1.165, 1.54) is 0 Å². The van der Waals surface area contributed by atoms with Crippen molar-refractivity contribution in [3.63, 3.8) is 0 Å². The largest absolute Gasteiger partial charge is 0.396 e. The monoisotopic (exact) mass is 332 g/mol. The molecule has 130 valence electrons. The highest BCUT2D eigenvalue weighted by Gasteiger charge is 2.25. The van der Waals surface area contributed by atoms with Gasteiger partial charge in [0.15, 0.2) is 5.82 Å². The van der Waals surface area contributed by atoms with Crippen molar-refractivity contribution in [2.45, 2.75) is 33.2 Å². The highest BCUT2D eigenvalue weighted by molar-refractivity contribution is 5.90. The number of tetrazole rings is 1. The third kappa shape index (κ3) is 4.51. The van der Waals surface area contributed by atoms with Crippen LogP contribution >= 0.6 is 0 Å². The molecule has 8 nitrogen and oxygen atoms in total. The zero-order valence-electron chi connectivity index (χ0n) is 14.4. The number of aryl methyl sites for hydroxylation is 1. The van der Waals surface area contributed by atoms with E-state index in [2.05, 4.69) is 26.2 Å². The number of benzene rings is 1. The molecule has 1 aromatic carbocycles. The molecule has 2 rings (SSSR count). The second-order valence-electron chi connectivity index (χ2n) is 6.74. The summed E-state index contributed by atoms with van der Waals surface area (Å²) in [5.74, 6) is 0.618. The summed E-state index contributed by atoms with van der Waals surface area (Å²) < 4.78 is 1.57. The van der Waals surface area contributed by atoms with Crippen LogP contribution in [0, 0.1) is 5.41 Å². The molecule has 1 heterocycles. The van der Waals surface area contributed by atoms with Crippen LogP contribution in [-0.2, 0) is 7.05 Å². The van der Waals surface area contributed by atoms with Crippen molar-refractivity contribution in [2.75, 3.05) is 11.9 Å². The Bertz CT molecular complexity index is 692. The molecule has 0 spiro atoms. The van der Waals surface area contributed by atoms with Crippen molar-refractivity contribution < 1.29 is 9.90 Å². The Morgan fingerprint density at radius 1 is 1.38 bits per heavy atom. The molecule has 0 aliphatic rings. The Hall–Kier alpha value is -2.48. The SMILES string of the molecule is Cn1nnnc1-c1cccc(NC(=O)N[C@H](CCO)C(C)(C)C)c1. The van der Waals surface area contributed by atoms with E-state index in [1.807, 2.05) is 39.0 Å². The van der Waals surface area contributed by atoms with Crippen LogP contribution in [0.4, 0.5) is 10.5 Å². The number of nitrogens with one attached hydrogen (secondary N) is 2. The lowest BCUT2D eigenvalue weighted by molar-refractivity contribution is 0.194. The van der Waals surface area contributed by atoms with Gasteiger partial charge in [-0.2, -0.15) is 0 Å². The quantitative estimate of drug-likeness (QED) is 0.774. The summed E-state index contributed by atoms with van der Waals surface area (Å²) in [6.07, 6.45) is 0.502. The van der Waals surface area contributed by atoms with E-state index < -0.39 is 0 Å². The van der Waals surface area contributed by atoms with Gasteiger partial charge in [0, 0.05) is 30.9 Å². The normalized spacial score (nSPS) is 12.7. The molecule has 1 atom stereocenters. The van der Waals surface area contributed by atoms with E-state index in [-0.39, 0.29) is 24.1 Å². The first kappa shape index (κ1) is 17.9. The first-order valence-electron chi connectivity index (χ1n) is 7.82. The van der Waals surface area contributed by atoms with Gasteiger partial charge in [-0.3, -0.25) is 0 Å². The first-order valence-corrected chi connectivity index (χ1v) is 7.82. The molecule has 0 bridgehead atoms. The number of anilines is 1. The number of carbonyl (C=O) groups is 1. The van der Waals surface area contributed by atoms with Gasteiger partial charge in [0.25, 0.3) is 0 Å². The maximum atomic E-state index is 12.3. The van der Waals surface area contributed by atoms with Crippen LogP contribution < -0.4 is 10.6 Å². The van der Waals surface area contributed by atoms with Gasteiger partial charge in [0.1, 0.15) is 0 Å². The van der Waals surface area contributed by atoms with Gasteiger partial charge in [0.05, 0.1) is 0 Å². The summed E-state index contributed by atoms with van der Waals surface area (Å²) in [5.41, 5.74) is 1.30. The van der Waals surface area contributed by atoms with E-state index >= 15 is 0 Å². The van der Waals surface area contributed by atoms with Gasteiger partial charge in [-0.25, -0.2) is 9.48 Å². The van der Waals surface area contributed by atoms with Crippen LogP contribution in [-0.4, -0.2) is 44.0 Å². The average molecular weight is 332 g/mol. The van der Waals surface area contributed by atoms with Gasteiger partial charge < -0.3 is 15.7 Å². The van der Waals surface area contributed by atoms with Crippen LogP contribution in [0.5, 0.6) is 0 Å². The van der Waals surface area contributed by atoms with E-state index in [0.29, 0.717) is 17.9 Å². The number of aromatic nitrogens is 4. The minimum Gasteiger partial charge on any atom is -0.396 e. The smallest absolute Gasteiger partial charge is 0.319 e. The number of aliphatic hydroxyl groups is 1. The molecule has 0 radical (unpaired) electrons. The Balaban J connectivity index is 2.08. The molecule has 2 aromatic rings. The molecule has 1 aromatic heterocycles. The van der Waals surface area contributed by atoms with Crippen molar-refractivity contribution in [1.29, 1.82) is 0 Å². The summed E-state index contributed by atoms with van der Waals surface area (Å²) in [5, 5.41) is 26.3. The molecule has 0 fully saturated rings. The van der Waals surface area contributed by atoms with Crippen LogP contribution in [0.15, 0.2) is 24.3 Å². The third-order valence-electron chi connectivity index (χ3n) is 3.77. The van der Waals surface area contributed by atoms with Crippen LogP contribution in [0.2, 0.25) is 0 Å². The van der Waals surface area contributed by atoms with Gasteiger partial charge in [-0.15, -0.1) is 5.10 Å². The summed E-state index contributed by atoms with van der Waals surface area (Å²) in [6, 6.07) is 6.87. The fourth-order valence-electron chi connectivity index (χ4n) is 2.39. The molecular weight excluding hydrogens is 308 g/mol. The molecule has 3 N–H and O–H groups in total. The number of urea groups is 1. The summed E-state index contributed by atoms with van der Waals surface area (Å²) >= 11 is 0. The van der Waals surface area contributed by atoms with Crippen molar-refractivity contribution in [3.05, 3.63) is 24.3 Å². The van der Waals surface area contributed by atoms with Gasteiger partial charge >= 0.3 is 6.03 Å². The van der Waals surface area contributed by atoms with Crippen molar-refractivity contribution >= 4 is 11.7 Å². The highest BCUT2D eigenvalue weighted by atomic mass is 16.3. The molecule has 24 heavy (non-hydrogen) atoms. The van der Waals surface area contributed by atoms with Crippen molar-refractivity contribution in [3.8, 4) is 11.4 Å². The number of aliphatic hydroxyl groups excluding tert-OH is 1. The topological polar surface area (TPSA) is 105 Å². The predicted octanol–water partition coefficient (Wildman–Crippen LogP) is 1.80. The average Bonchev–Trinajstić information content (AvgIpc) is 2.92. The summed E-state index contributed by atoms with van der Waals surface area (Å²) in [6.45, 7) is 6.09. The Labute approximate surface area is 141 Å². The van der Waals surface area contributed by atoms with Gasteiger partial charge in [-0.05, 0) is 34.4 Å². The number of hydrogen-bond donors (Lipinski definition) is 3. The lowest BCUT2D eigenvalue weighted by atomic mass is 9.85. The molecule has 0 saturated heterocycles. The fraction of sp³-hybridized carbons (Fsp3) is 0.500. The Kier molecular flexibility index (Phi) is 5.50. The number of rotatable bonds is 5. The van der Waals surface area contributed by atoms with E-state index in [0.717, 1.165) is 5.56 Å². The maximum absolute atomic E-state index is 12.3. The van der Waals surface area contributed by atoms with E-state index in [9.17, 15) is 9.90 Å².